The minimum Gasteiger partial charge on any atom is -0.352 e. The van der Waals surface area contributed by atoms with Crippen molar-refractivity contribution in [3.8, 4) is 0 Å². The van der Waals surface area contributed by atoms with Gasteiger partial charge in [0.2, 0.25) is 0 Å². The number of piperazine rings is 1. The highest BCUT2D eigenvalue weighted by atomic mass is 35.5. The number of anilines is 2. The number of carbonyl (C=O) groups excluding carboxylic acids is 2. The number of halogens is 1. The number of nitrogens with one attached hydrogen (secondary N) is 2. The highest BCUT2D eigenvalue weighted by Crippen LogP contribution is 2.28. The Kier molecular flexibility index (Phi) is 6.73. The van der Waals surface area contributed by atoms with Crippen LogP contribution in [-0.4, -0.2) is 60.5 Å². The molecule has 1 atom stereocenters. The van der Waals surface area contributed by atoms with E-state index in [2.05, 4.69) is 27.4 Å². The molecule has 2 N–H and O–H groups in total. The largest absolute Gasteiger partial charge is 0.352 e. The third-order valence-electron chi connectivity index (χ3n) is 5.93. The number of rotatable bonds is 4. The van der Waals surface area contributed by atoms with Crippen molar-refractivity contribution in [3.63, 3.8) is 0 Å². The summed E-state index contributed by atoms with van der Waals surface area (Å²) in [4.78, 5) is 34.7. The molecule has 1 aromatic carbocycles. The first-order valence-corrected chi connectivity index (χ1v) is 11.2. The van der Waals surface area contributed by atoms with Crippen molar-refractivity contribution in [3.05, 3.63) is 52.7 Å². The zero-order chi connectivity index (χ0) is 21.8. The summed E-state index contributed by atoms with van der Waals surface area (Å²) in [6.07, 6.45) is 4.80. The van der Waals surface area contributed by atoms with Crippen LogP contribution < -0.4 is 15.5 Å². The minimum atomic E-state index is -0.281. The van der Waals surface area contributed by atoms with Crippen LogP contribution in [0.1, 0.15) is 46.9 Å². The van der Waals surface area contributed by atoms with E-state index in [0.29, 0.717) is 27.7 Å². The van der Waals surface area contributed by atoms with Crippen LogP contribution >= 0.6 is 11.6 Å². The number of likely N-dealkylation sites (tertiary alicyclic amines) is 1. The van der Waals surface area contributed by atoms with Gasteiger partial charge in [-0.05, 0) is 50.5 Å². The Labute approximate surface area is 187 Å². The van der Waals surface area contributed by atoms with Crippen LogP contribution in [-0.2, 0) is 0 Å². The van der Waals surface area contributed by atoms with Gasteiger partial charge in [0.15, 0.2) is 5.82 Å². The number of carbonyl (C=O) groups is 2. The standard InChI is InChI=1S/C23H28ClN5O2/c1-16-5-2-3-10-29(16)23(31)18-14-20(21(26-15-18)28-11-8-25-9-12-28)27-22(30)17-6-4-7-19(24)13-17/h4,6-7,13-16,25H,2-3,5,8-12H2,1H3,(H,27,30). The lowest BCUT2D eigenvalue weighted by molar-refractivity contribution is 0.0635. The van der Waals surface area contributed by atoms with Gasteiger partial charge in [0, 0.05) is 55.5 Å². The van der Waals surface area contributed by atoms with Crippen molar-refractivity contribution >= 4 is 34.9 Å². The summed E-state index contributed by atoms with van der Waals surface area (Å²) in [6.45, 7) is 6.09. The topological polar surface area (TPSA) is 77.6 Å². The van der Waals surface area contributed by atoms with Gasteiger partial charge in [-0.25, -0.2) is 4.98 Å². The van der Waals surface area contributed by atoms with Crippen LogP contribution in [0.2, 0.25) is 5.02 Å². The first-order valence-electron chi connectivity index (χ1n) is 10.9. The third kappa shape index (κ3) is 4.99. The molecule has 8 heteroatoms. The molecule has 0 bridgehead atoms. The van der Waals surface area contributed by atoms with Crippen LogP contribution in [0.4, 0.5) is 11.5 Å². The third-order valence-corrected chi connectivity index (χ3v) is 6.16. The SMILES string of the molecule is CC1CCCCN1C(=O)c1cnc(N2CCNCC2)c(NC(=O)c2cccc(Cl)c2)c1. The molecule has 2 fully saturated rings. The fourth-order valence-electron chi connectivity index (χ4n) is 4.18. The number of amides is 2. The zero-order valence-corrected chi connectivity index (χ0v) is 18.5. The molecule has 0 radical (unpaired) electrons. The van der Waals surface area contributed by atoms with Gasteiger partial charge in [-0.2, -0.15) is 0 Å². The van der Waals surface area contributed by atoms with E-state index in [1.54, 1.807) is 36.5 Å². The smallest absolute Gasteiger partial charge is 0.255 e. The van der Waals surface area contributed by atoms with Crippen molar-refractivity contribution in [1.29, 1.82) is 0 Å². The summed E-state index contributed by atoms with van der Waals surface area (Å²) in [6, 6.07) is 8.77. The average Bonchev–Trinajstić information content (AvgIpc) is 2.79. The Bertz CT molecular complexity index is 961. The summed E-state index contributed by atoms with van der Waals surface area (Å²) in [7, 11) is 0. The second-order valence-corrected chi connectivity index (χ2v) is 8.58. The van der Waals surface area contributed by atoms with E-state index < -0.39 is 0 Å². The van der Waals surface area contributed by atoms with Gasteiger partial charge >= 0.3 is 0 Å². The summed E-state index contributed by atoms with van der Waals surface area (Å²) in [5, 5.41) is 6.79. The van der Waals surface area contributed by atoms with Crippen LogP contribution in [0.5, 0.6) is 0 Å². The molecule has 0 spiro atoms. The number of benzene rings is 1. The minimum absolute atomic E-state index is 0.0372. The lowest BCUT2D eigenvalue weighted by Gasteiger charge is -2.34. The molecule has 2 aliphatic rings. The van der Waals surface area contributed by atoms with E-state index in [9.17, 15) is 9.59 Å². The van der Waals surface area contributed by atoms with Crippen molar-refractivity contribution in [2.45, 2.75) is 32.2 Å². The number of piperidine rings is 1. The molecular weight excluding hydrogens is 414 g/mol. The molecule has 2 saturated heterocycles. The highest BCUT2D eigenvalue weighted by molar-refractivity contribution is 6.31. The molecule has 0 saturated carbocycles. The summed E-state index contributed by atoms with van der Waals surface area (Å²) in [5.41, 5.74) is 1.50. The molecule has 164 valence electrons. The maximum Gasteiger partial charge on any atom is 0.255 e. The Hall–Kier alpha value is -2.64. The second kappa shape index (κ2) is 9.66. The van der Waals surface area contributed by atoms with E-state index in [-0.39, 0.29) is 17.9 Å². The predicted molar refractivity (Wildman–Crippen MR) is 123 cm³/mol. The highest BCUT2D eigenvalue weighted by Gasteiger charge is 2.26. The fourth-order valence-corrected chi connectivity index (χ4v) is 4.38. The fraction of sp³-hybridized carbons (Fsp3) is 0.435. The molecule has 2 aliphatic heterocycles. The van der Waals surface area contributed by atoms with Crippen molar-refractivity contribution in [1.82, 2.24) is 15.2 Å². The Balaban J connectivity index is 1.64. The molecule has 1 unspecified atom stereocenters. The van der Waals surface area contributed by atoms with E-state index in [1.165, 1.54) is 0 Å². The Morgan fingerprint density at radius 3 is 2.68 bits per heavy atom. The van der Waals surface area contributed by atoms with E-state index in [4.69, 9.17) is 11.6 Å². The van der Waals surface area contributed by atoms with Gasteiger partial charge in [0.1, 0.15) is 0 Å². The van der Waals surface area contributed by atoms with Gasteiger partial charge in [-0.3, -0.25) is 9.59 Å². The molecule has 7 nitrogen and oxygen atoms in total. The van der Waals surface area contributed by atoms with Gasteiger partial charge < -0.3 is 20.4 Å². The van der Waals surface area contributed by atoms with Crippen LogP contribution in [0.15, 0.2) is 36.5 Å². The van der Waals surface area contributed by atoms with Crippen molar-refractivity contribution < 1.29 is 9.59 Å². The van der Waals surface area contributed by atoms with Crippen LogP contribution in [0, 0.1) is 0 Å². The number of hydrogen-bond donors (Lipinski definition) is 2. The van der Waals surface area contributed by atoms with Gasteiger partial charge in [0.05, 0.1) is 11.3 Å². The van der Waals surface area contributed by atoms with Crippen molar-refractivity contribution in [2.75, 3.05) is 42.9 Å². The number of pyridine rings is 1. The molecule has 3 heterocycles. The van der Waals surface area contributed by atoms with Crippen molar-refractivity contribution in [2.24, 2.45) is 0 Å². The number of nitrogens with zero attached hydrogens (tertiary/aromatic N) is 3. The maximum atomic E-state index is 13.2. The average molecular weight is 442 g/mol. The second-order valence-electron chi connectivity index (χ2n) is 8.14. The van der Waals surface area contributed by atoms with Crippen LogP contribution in [0.25, 0.3) is 0 Å². The lowest BCUT2D eigenvalue weighted by atomic mass is 10.0. The molecule has 4 rings (SSSR count). The van der Waals surface area contributed by atoms with E-state index in [1.807, 2.05) is 4.90 Å². The Morgan fingerprint density at radius 2 is 1.94 bits per heavy atom. The van der Waals surface area contributed by atoms with Crippen LogP contribution in [0.3, 0.4) is 0 Å². The monoisotopic (exact) mass is 441 g/mol. The summed E-state index contributed by atoms with van der Waals surface area (Å²) < 4.78 is 0. The number of hydrogen-bond acceptors (Lipinski definition) is 5. The Morgan fingerprint density at radius 1 is 1.13 bits per heavy atom. The quantitative estimate of drug-likeness (QED) is 0.760. The first kappa shape index (κ1) is 21.6. The van der Waals surface area contributed by atoms with Gasteiger partial charge in [-0.1, -0.05) is 17.7 Å². The predicted octanol–water partition coefficient (Wildman–Crippen LogP) is 3.41. The summed E-state index contributed by atoms with van der Waals surface area (Å²) >= 11 is 6.05. The van der Waals surface area contributed by atoms with Gasteiger partial charge in [-0.15, -0.1) is 0 Å². The molecule has 1 aromatic heterocycles. The summed E-state index contributed by atoms with van der Waals surface area (Å²) in [5.74, 6) is 0.363. The van der Waals surface area contributed by atoms with Gasteiger partial charge in [0.25, 0.3) is 11.8 Å². The molecule has 0 aliphatic carbocycles. The molecule has 31 heavy (non-hydrogen) atoms. The van der Waals surface area contributed by atoms with E-state index in [0.717, 1.165) is 52.0 Å². The first-order chi connectivity index (χ1) is 15.0. The lowest BCUT2D eigenvalue weighted by Crippen LogP contribution is -2.44. The van der Waals surface area contributed by atoms with E-state index >= 15 is 0 Å². The molecular formula is C23H28ClN5O2. The number of aromatic nitrogens is 1. The maximum absolute atomic E-state index is 13.2. The zero-order valence-electron chi connectivity index (χ0n) is 17.7. The molecule has 2 amide bonds. The normalized spacial score (nSPS) is 19.2. The molecule has 2 aromatic rings.